The Balaban J connectivity index is 0.00000576. The van der Waals surface area contributed by atoms with Gasteiger partial charge in [0.05, 0.1) is 0 Å². The van der Waals surface area contributed by atoms with Gasteiger partial charge in [0.25, 0.3) is 0 Å². The zero-order chi connectivity index (χ0) is 18.0. The van der Waals surface area contributed by atoms with Crippen molar-refractivity contribution in [2.75, 3.05) is 46.3 Å². The van der Waals surface area contributed by atoms with Crippen LogP contribution in [0.15, 0.2) is 4.99 Å². The quantitative estimate of drug-likeness (QED) is 0.230. The van der Waals surface area contributed by atoms with E-state index in [0.29, 0.717) is 12.5 Å². The molecule has 1 fully saturated rings. The smallest absolute Gasteiger partial charge is 0.407 e. The molecule has 0 saturated carbocycles. The molecule has 0 spiro atoms. The Morgan fingerprint density at radius 3 is 2.48 bits per heavy atom. The van der Waals surface area contributed by atoms with Crippen LogP contribution >= 0.6 is 24.0 Å². The second-order valence-electron chi connectivity index (χ2n) is 7.21. The fourth-order valence-electron chi connectivity index (χ4n) is 2.63. The van der Waals surface area contributed by atoms with Crippen LogP contribution in [0.1, 0.15) is 40.5 Å². The summed E-state index contributed by atoms with van der Waals surface area (Å²) < 4.78 is 5.19. The summed E-state index contributed by atoms with van der Waals surface area (Å²) in [7, 11) is 1.78. The third-order valence-corrected chi connectivity index (χ3v) is 3.91. The number of alkyl carbamates (subject to hydrolysis) is 1. The highest BCUT2D eigenvalue weighted by Crippen LogP contribution is 2.14. The maximum atomic E-state index is 11.5. The lowest BCUT2D eigenvalue weighted by Crippen LogP contribution is -2.41. The SMILES string of the molecule is CCN1CCC(CNC(=NC)NCCCNC(=O)OC(C)(C)C)C1.I. The van der Waals surface area contributed by atoms with Crippen molar-refractivity contribution in [3.8, 4) is 0 Å². The number of carbonyl (C=O) groups excluding carboxylic acids is 1. The normalized spacial score (nSPS) is 18.4. The van der Waals surface area contributed by atoms with E-state index in [1.54, 1.807) is 7.05 Å². The minimum Gasteiger partial charge on any atom is -0.444 e. The van der Waals surface area contributed by atoms with Crippen molar-refractivity contribution in [1.82, 2.24) is 20.9 Å². The van der Waals surface area contributed by atoms with E-state index in [9.17, 15) is 4.79 Å². The number of nitrogens with zero attached hydrogens (tertiary/aromatic N) is 2. The number of likely N-dealkylation sites (tertiary alicyclic amines) is 1. The zero-order valence-electron chi connectivity index (χ0n) is 16.4. The summed E-state index contributed by atoms with van der Waals surface area (Å²) in [5.41, 5.74) is -0.456. The maximum Gasteiger partial charge on any atom is 0.407 e. The number of rotatable bonds is 7. The average Bonchev–Trinajstić information content (AvgIpc) is 2.96. The summed E-state index contributed by atoms with van der Waals surface area (Å²) in [5.74, 6) is 1.51. The molecular formula is C17H36IN5O2. The minimum absolute atomic E-state index is 0. The molecule has 1 heterocycles. The van der Waals surface area contributed by atoms with Crippen molar-refractivity contribution < 1.29 is 9.53 Å². The summed E-state index contributed by atoms with van der Waals surface area (Å²) in [4.78, 5) is 18.2. The van der Waals surface area contributed by atoms with E-state index in [-0.39, 0.29) is 30.1 Å². The second-order valence-corrected chi connectivity index (χ2v) is 7.21. The number of hydrogen-bond acceptors (Lipinski definition) is 4. The lowest BCUT2D eigenvalue weighted by Gasteiger charge is -2.19. The van der Waals surface area contributed by atoms with E-state index in [4.69, 9.17) is 4.74 Å². The van der Waals surface area contributed by atoms with Crippen molar-refractivity contribution >= 4 is 36.0 Å². The molecule has 1 atom stereocenters. The summed E-state index contributed by atoms with van der Waals surface area (Å²) in [6, 6.07) is 0. The molecule has 148 valence electrons. The van der Waals surface area contributed by atoms with Gasteiger partial charge in [-0.3, -0.25) is 4.99 Å². The van der Waals surface area contributed by atoms with Crippen LogP contribution < -0.4 is 16.0 Å². The third kappa shape index (κ3) is 11.5. The van der Waals surface area contributed by atoms with Crippen LogP contribution in [-0.2, 0) is 4.74 Å². The molecule has 3 N–H and O–H groups in total. The summed E-state index contributed by atoms with van der Waals surface area (Å²) >= 11 is 0. The standard InChI is InChI=1S/C17H35N5O2.HI/c1-6-22-11-8-14(13-22)12-21-15(18-5)19-9-7-10-20-16(23)24-17(2,3)4;/h14H,6-13H2,1-5H3,(H,20,23)(H2,18,19,21);1H. The highest BCUT2D eigenvalue weighted by molar-refractivity contribution is 14.0. The monoisotopic (exact) mass is 469 g/mol. The molecule has 25 heavy (non-hydrogen) atoms. The van der Waals surface area contributed by atoms with E-state index in [0.717, 1.165) is 32.0 Å². The topological polar surface area (TPSA) is 78.0 Å². The van der Waals surface area contributed by atoms with Gasteiger partial charge in [0.15, 0.2) is 5.96 Å². The van der Waals surface area contributed by atoms with Gasteiger partial charge in [-0.25, -0.2) is 4.79 Å². The summed E-state index contributed by atoms with van der Waals surface area (Å²) in [5, 5.41) is 9.41. The number of ether oxygens (including phenoxy) is 1. The summed E-state index contributed by atoms with van der Waals surface area (Å²) in [6.45, 7) is 13.6. The van der Waals surface area contributed by atoms with Gasteiger partial charge >= 0.3 is 6.09 Å². The van der Waals surface area contributed by atoms with Crippen LogP contribution in [0.4, 0.5) is 4.79 Å². The fourth-order valence-corrected chi connectivity index (χ4v) is 2.63. The van der Waals surface area contributed by atoms with E-state index < -0.39 is 5.60 Å². The van der Waals surface area contributed by atoms with Crippen LogP contribution in [0, 0.1) is 5.92 Å². The molecule has 1 amide bonds. The van der Waals surface area contributed by atoms with Gasteiger partial charge < -0.3 is 25.6 Å². The molecule has 1 aliphatic heterocycles. The minimum atomic E-state index is -0.456. The summed E-state index contributed by atoms with van der Waals surface area (Å²) in [6.07, 6.45) is 1.69. The van der Waals surface area contributed by atoms with Crippen LogP contribution in [0.5, 0.6) is 0 Å². The first kappa shape index (κ1) is 24.2. The lowest BCUT2D eigenvalue weighted by molar-refractivity contribution is 0.0527. The number of aliphatic imine (C=N–C) groups is 1. The van der Waals surface area contributed by atoms with Gasteiger partial charge in [-0.15, -0.1) is 24.0 Å². The first-order chi connectivity index (χ1) is 11.3. The Bertz CT molecular complexity index is 412. The molecule has 8 heteroatoms. The Morgan fingerprint density at radius 1 is 1.24 bits per heavy atom. The van der Waals surface area contributed by atoms with Gasteiger partial charge in [-0.2, -0.15) is 0 Å². The van der Waals surface area contributed by atoms with Crippen molar-refractivity contribution in [2.24, 2.45) is 10.9 Å². The lowest BCUT2D eigenvalue weighted by atomic mass is 10.1. The Hall–Kier alpha value is -0.770. The van der Waals surface area contributed by atoms with Gasteiger partial charge in [0.1, 0.15) is 5.60 Å². The van der Waals surface area contributed by atoms with E-state index in [1.807, 2.05) is 20.8 Å². The van der Waals surface area contributed by atoms with Gasteiger partial charge in [-0.05, 0) is 52.6 Å². The first-order valence-electron chi connectivity index (χ1n) is 8.97. The molecule has 0 radical (unpaired) electrons. The number of carbonyl (C=O) groups is 1. The van der Waals surface area contributed by atoms with Crippen molar-refractivity contribution in [2.45, 2.75) is 46.1 Å². The van der Waals surface area contributed by atoms with Crippen LogP contribution in [0.25, 0.3) is 0 Å². The number of hydrogen-bond donors (Lipinski definition) is 3. The number of halogens is 1. The van der Waals surface area contributed by atoms with Crippen LogP contribution in [-0.4, -0.2) is 68.9 Å². The largest absolute Gasteiger partial charge is 0.444 e. The highest BCUT2D eigenvalue weighted by Gasteiger charge is 2.21. The molecule has 1 unspecified atom stereocenters. The predicted octanol–water partition coefficient (Wildman–Crippen LogP) is 2.03. The molecule has 1 aliphatic rings. The molecule has 0 aromatic rings. The van der Waals surface area contributed by atoms with E-state index in [1.165, 1.54) is 19.5 Å². The van der Waals surface area contributed by atoms with Gasteiger partial charge in [0.2, 0.25) is 0 Å². The van der Waals surface area contributed by atoms with Crippen molar-refractivity contribution in [3.05, 3.63) is 0 Å². The number of nitrogens with one attached hydrogen (secondary N) is 3. The first-order valence-corrected chi connectivity index (χ1v) is 8.97. The van der Waals surface area contributed by atoms with Gasteiger partial charge in [0, 0.05) is 33.2 Å². The fraction of sp³-hybridized carbons (Fsp3) is 0.882. The van der Waals surface area contributed by atoms with Crippen LogP contribution in [0.3, 0.4) is 0 Å². The zero-order valence-corrected chi connectivity index (χ0v) is 18.7. The predicted molar refractivity (Wildman–Crippen MR) is 114 cm³/mol. The molecule has 1 saturated heterocycles. The average molecular weight is 469 g/mol. The van der Waals surface area contributed by atoms with Gasteiger partial charge in [-0.1, -0.05) is 6.92 Å². The molecule has 0 aromatic carbocycles. The maximum absolute atomic E-state index is 11.5. The molecule has 0 aromatic heterocycles. The molecule has 0 bridgehead atoms. The highest BCUT2D eigenvalue weighted by atomic mass is 127. The third-order valence-electron chi connectivity index (χ3n) is 3.91. The van der Waals surface area contributed by atoms with E-state index in [2.05, 4.69) is 32.8 Å². The van der Waals surface area contributed by atoms with E-state index >= 15 is 0 Å². The Morgan fingerprint density at radius 2 is 1.92 bits per heavy atom. The number of amides is 1. The molecule has 1 rings (SSSR count). The van der Waals surface area contributed by atoms with Crippen molar-refractivity contribution in [3.63, 3.8) is 0 Å². The van der Waals surface area contributed by atoms with Crippen molar-refractivity contribution in [1.29, 1.82) is 0 Å². The molecule has 0 aliphatic carbocycles. The Kier molecular flexibility index (Phi) is 12.2. The molecular weight excluding hydrogens is 433 g/mol. The number of guanidine groups is 1. The molecule has 7 nitrogen and oxygen atoms in total. The van der Waals surface area contributed by atoms with Crippen LogP contribution in [0.2, 0.25) is 0 Å². The Labute approximate surface area is 169 Å². The second kappa shape index (κ2) is 12.6.